The molecule has 0 spiro atoms. The van der Waals surface area contributed by atoms with Crippen LogP contribution in [0.3, 0.4) is 0 Å². The number of carbonyl (C=O) groups excluding carboxylic acids is 1. The quantitative estimate of drug-likeness (QED) is 0.362. The van der Waals surface area contributed by atoms with Gasteiger partial charge >= 0.3 is 11.8 Å². The largest absolute Gasteiger partial charge is 0.495 e. The number of methoxy groups -OCH3 is 2. The molecule has 202 valence electrons. The highest BCUT2D eigenvalue weighted by Crippen LogP contribution is 2.36. The predicted octanol–water partition coefficient (Wildman–Crippen LogP) is 3.56. The Hall–Kier alpha value is -4.29. The molecule has 0 aliphatic carbocycles. The predicted molar refractivity (Wildman–Crippen MR) is 147 cm³/mol. The van der Waals surface area contributed by atoms with Crippen LogP contribution < -0.4 is 26.0 Å². The van der Waals surface area contributed by atoms with Gasteiger partial charge in [-0.05, 0) is 30.2 Å². The lowest BCUT2D eigenvalue weighted by Gasteiger charge is -2.23. The van der Waals surface area contributed by atoms with Crippen molar-refractivity contribution < 1.29 is 24.2 Å². The number of nitrogens with one attached hydrogen (secondary N) is 1. The van der Waals surface area contributed by atoms with Crippen LogP contribution in [0.1, 0.15) is 10.4 Å². The maximum Gasteiger partial charge on any atom is 0.407 e. The van der Waals surface area contributed by atoms with E-state index in [-0.39, 0.29) is 23.8 Å². The third-order valence-corrected chi connectivity index (χ3v) is 7.99. The molecule has 11 nitrogen and oxygen atoms in total. The first-order valence-corrected chi connectivity index (χ1v) is 13.0. The Kier molecular flexibility index (Phi) is 7.06. The minimum Gasteiger partial charge on any atom is -0.495 e. The lowest BCUT2D eigenvalue weighted by atomic mass is 10.1. The second-order valence-electron chi connectivity index (χ2n) is 8.72. The number of ether oxygens (including phenoxy) is 2. The number of benzene rings is 2. The minimum absolute atomic E-state index is 0.0940. The summed E-state index contributed by atoms with van der Waals surface area (Å²) in [6, 6.07) is 11.4. The number of rotatable bonds is 6. The number of fused-ring (bicyclic) bond motifs is 3. The molecule has 3 heterocycles. The summed E-state index contributed by atoms with van der Waals surface area (Å²) in [7, 11) is 2.88. The van der Waals surface area contributed by atoms with Crippen LogP contribution in [0.2, 0.25) is 5.02 Å². The number of aromatic nitrogens is 2. The topological polar surface area (TPSA) is 132 Å². The van der Waals surface area contributed by atoms with Gasteiger partial charge in [0.25, 0.3) is 5.56 Å². The van der Waals surface area contributed by atoms with Gasteiger partial charge in [-0.1, -0.05) is 29.8 Å². The molecule has 39 heavy (non-hydrogen) atoms. The highest BCUT2D eigenvalue weighted by molar-refractivity contribution is 7.18. The van der Waals surface area contributed by atoms with Crippen LogP contribution in [-0.4, -0.2) is 51.9 Å². The van der Waals surface area contributed by atoms with Gasteiger partial charge in [-0.2, -0.15) is 0 Å². The van der Waals surface area contributed by atoms with Gasteiger partial charge in [0.05, 0.1) is 42.5 Å². The van der Waals surface area contributed by atoms with Crippen LogP contribution in [0.25, 0.3) is 15.9 Å². The van der Waals surface area contributed by atoms with Gasteiger partial charge < -0.3 is 24.8 Å². The van der Waals surface area contributed by atoms with Crippen molar-refractivity contribution >= 4 is 50.8 Å². The summed E-state index contributed by atoms with van der Waals surface area (Å²) in [5.41, 5.74) is 0.122. The van der Waals surface area contributed by atoms with Gasteiger partial charge in [-0.3, -0.25) is 14.2 Å². The number of para-hydroxylation sites is 1. The van der Waals surface area contributed by atoms with Gasteiger partial charge in [-0.25, -0.2) is 14.2 Å². The number of thiophene rings is 1. The van der Waals surface area contributed by atoms with E-state index in [0.717, 1.165) is 15.9 Å². The number of anilines is 1. The number of hydrogen-bond acceptors (Lipinski definition) is 7. The summed E-state index contributed by atoms with van der Waals surface area (Å²) in [4.78, 5) is 54.5. The summed E-state index contributed by atoms with van der Waals surface area (Å²) < 4.78 is 12.8. The van der Waals surface area contributed by atoms with Crippen molar-refractivity contribution in [3.8, 4) is 17.2 Å². The number of carbonyl (C=O) groups is 2. The van der Waals surface area contributed by atoms with Crippen LogP contribution in [0, 0.1) is 0 Å². The molecule has 2 N–H and O–H groups in total. The van der Waals surface area contributed by atoms with E-state index in [9.17, 15) is 24.3 Å². The molecular weight excluding hydrogens is 548 g/mol. The zero-order chi connectivity index (χ0) is 27.8. The van der Waals surface area contributed by atoms with E-state index >= 15 is 0 Å². The lowest BCUT2D eigenvalue weighted by Crippen LogP contribution is -2.41. The average Bonchev–Trinajstić information content (AvgIpc) is 3.31. The van der Waals surface area contributed by atoms with Crippen molar-refractivity contribution in [3.63, 3.8) is 0 Å². The molecule has 0 radical (unpaired) electrons. The molecule has 1 aliphatic heterocycles. The first-order valence-electron chi connectivity index (χ1n) is 11.8. The molecule has 2 amide bonds. The summed E-state index contributed by atoms with van der Waals surface area (Å²) in [5, 5.41) is 12.7. The fraction of sp³-hybridized carbons (Fsp3) is 0.231. The van der Waals surface area contributed by atoms with Gasteiger partial charge in [0.2, 0.25) is 5.91 Å². The van der Waals surface area contributed by atoms with Gasteiger partial charge in [0.15, 0.2) is 0 Å². The monoisotopic (exact) mass is 570 g/mol. The van der Waals surface area contributed by atoms with Crippen molar-refractivity contribution in [1.82, 2.24) is 14.0 Å². The molecule has 2 aromatic heterocycles. The zero-order valence-corrected chi connectivity index (χ0v) is 22.5. The molecule has 13 heteroatoms. The van der Waals surface area contributed by atoms with Crippen LogP contribution in [0.15, 0.2) is 52.1 Å². The standard InChI is InChI=1S/C26H23ClN4O7S/c1-37-18-11-19(38-2)17(10-16(18)27)28-21(32)13-30-24-22(15-8-9-29(26(35)36)12-20(15)39-24)23(33)31(25(30)34)14-6-4-3-5-7-14/h3-7,10-11H,8-9,12-13H2,1-2H3,(H,28,32)(H,35,36). The Labute approximate surface area is 230 Å². The van der Waals surface area contributed by atoms with Crippen LogP contribution in [0.5, 0.6) is 11.5 Å². The van der Waals surface area contributed by atoms with Crippen molar-refractivity contribution in [1.29, 1.82) is 0 Å². The Bertz CT molecular complexity index is 1730. The Morgan fingerprint density at radius 1 is 1.10 bits per heavy atom. The normalized spacial score (nSPS) is 12.7. The number of hydrogen-bond donors (Lipinski definition) is 2. The molecule has 4 aromatic rings. The van der Waals surface area contributed by atoms with E-state index in [1.165, 1.54) is 35.8 Å². The maximum atomic E-state index is 13.7. The van der Waals surface area contributed by atoms with Crippen molar-refractivity contribution in [2.24, 2.45) is 0 Å². The van der Waals surface area contributed by atoms with E-state index < -0.39 is 29.8 Å². The highest BCUT2D eigenvalue weighted by Gasteiger charge is 2.29. The van der Waals surface area contributed by atoms with E-state index in [0.29, 0.717) is 44.3 Å². The number of halogens is 1. The highest BCUT2D eigenvalue weighted by atomic mass is 35.5. The molecule has 0 atom stereocenters. The first-order chi connectivity index (χ1) is 18.7. The van der Waals surface area contributed by atoms with Crippen LogP contribution in [0.4, 0.5) is 10.5 Å². The fourth-order valence-electron chi connectivity index (χ4n) is 4.60. The fourth-order valence-corrected chi connectivity index (χ4v) is 6.19. The maximum absolute atomic E-state index is 13.7. The Balaban J connectivity index is 1.63. The molecule has 1 aliphatic rings. The van der Waals surface area contributed by atoms with Crippen molar-refractivity contribution in [2.75, 3.05) is 26.1 Å². The number of carboxylic acid groups (broad SMARTS) is 1. The second kappa shape index (κ2) is 10.5. The summed E-state index contributed by atoms with van der Waals surface area (Å²) in [6.45, 7) is -0.107. The molecule has 0 saturated carbocycles. The number of nitrogens with zero attached hydrogens (tertiary/aromatic N) is 3. The summed E-state index contributed by atoms with van der Waals surface area (Å²) in [6.07, 6.45) is -0.749. The van der Waals surface area contributed by atoms with Crippen LogP contribution in [-0.2, 0) is 24.3 Å². The van der Waals surface area contributed by atoms with E-state index in [4.69, 9.17) is 21.1 Å². The van der Waals surface area contributed by atoms with E-state index in [2.05, 4.69) is 5.32 Å². The molecule has 0 unspecified atom stereocenters. The second-order valence-corrected chi connectivity index (χ2v) is 10.2. The smallest absolute Gasteiger partial charge is 0.407 e. The zero-order valence-electron chi connectivity index (χ0n) is 20.9. The Morgan fingerprint density at radius 3 is 2.49 bits per heavy atom. The molecular formula is C26H23ClN4O7S. The third-order valence-electron chi connectivity index (χ3n) is 6.46. The molecule has 5 rings (SSSR count). The van der Waals surface area contributed by atoms with Crippen molar-refractivity contribution in [2.45, 2.75) is 19.5 Å². The SMILES string of the molecule is COc1cc(OC)c(NC(=O)Cn2c(=O)n(-c3ccccc3)c(=O)c3c4c(sc32)CN(C(=O)O)CC4)cc1Cl. The molecule has 0 fully saturated rings. The molecule has 0 bridgehead atoms. The summed E-state index contributed by atoms with van der Waals surface area (Å²) >= 11 is 7.38. The number of amides is 2. The third kappa shape index (κ3) is 4.72. The average molecular weight is 571 g/mol. The summed E-state index contributed by atoms with van der Waals surface area (Å²) in [5.74, 6) is 0.102. The van der Waals surface area contributed by atoms with Crippen LogP contribution >= 0.6 is 22.9 Å². The minimum atomic E-state index is -1.07. The van der Waals surface area contributed by atoms with E-state index in [1.54, 1.807) is 30.3 Å². The molecule has 0 saturated heterocycles. The first kappa shape index (κ1) is 26.3. The lowest BCUT2D eigenvalue weighted by molar-refractivity contribution is -0.116. The van der Waals surface area contributed by atoms with Gasteiger partial charge in [-0.15, -0.1) is 11.3 Å². The van der Waals surface area contributed by atoms with E-state index in [1.807, 2.05) is 0 Å². The Morgan fingerprint density at radius 2 is 1.82 bits per heavy atom. The van der Waals surface area contributed by atoms with Gasteiger partial charge in [0.1, 0.15) is 22.9 Å². The van der Waals surface area contributed by atoms with Gasteiger partial charge in [0, 0.05) is 17.5 Å². The van der Waals surface area contributed by atoms with Crippen molar-refractivity contribution in [3.05, 3.63) is 78.8 Å². The molecule has 2 aromatic carbocycles.